The van der Waals surface area contributed by atoms with Crippen LogP contribution in [0.5, 0.6) is 0 Å². The van der Waals surface area contributed by atoms with Gasteiger partial charge in [0.05, 0.1) is 5.02 Å². The van der Waals surface area contributed by atoms with E-state index in [1.807, 2.05) is 0 Å². The van der Waals surface area contributed by atoms with E-state index in [1.165, 1.54) is 38.2 Å². The molecule has 0 radical (unpaired) electrons. The van der Waals surface area contributed by atoms with Crippen molar-refractivity contribution in [3.8, 4) is 0 Å². The highest BCUT2D eigenvalue weighted by atomic mass is 35.5. The molecule has 0 aliphatic heterocycles. The van der Waals surface area contributed by atoms with E-state index in [0.717, 1.165) is 18.4 Å². The number of nitrogens with two attached hydrogens (primary N) is 1. The Labute approximate surface area is 115 Å². The normalized spacial score (nSPS) is 12.7. The lowest BCUT2D eigenvalue weighted by Crippen LogP contribution is -2.22. The summed E-state index contributed by atoms with van der Waals surface area (Å²) in [5.41, 5.74) is 7.09. The van der Waals surface area contributed by atoms with E-state index >= 15 is 0 Å². The molecule has 0 aromatic heterocycles. The first kappa shape index (κ1) is 15.5. The Morgan fingerprint density at radius 2 is 1.94 bits per heavy atom. The Kier molecular flexibility index (Phi) is 7.29. The molecule has 1 nitrogen and oxygen atoms in total. The van der Waals surface area contributed by atoms with Gasteiger partial charge in [-0.05, 0) is 30.5 Å². The molecule has 18 heavy (non-hydrogen) atoms. The van der Waals surface area contributed by atoms with Crippen LogP contribution < -0.4 is 5.73 Å². The average Bonchev–Trinajstić information content (AvgIpc) is 2.34. The summed E-state index contributed by atoms with van der Waals surface area (Å²) in [6.07, 6.45) is 8.10. The molecule has 0 saturated carbocycles. The first-order valence-electron chi connectivity index (χ1n) is 6.83. The minimum absolute atomic E-state index is 0.146. The molecule has 0 bridgehead atoms. The summed E-state index contributed by atoms with van der Waals surface area (Å²) in [5.74, 6) is -0.367. The number of unbranched alkanes of at least 4 members (excludes halogenated alkanes) is 4. The summed E-state index contributed by atoms with van der Waals surface area (Å²) in [6, 6.07) is 4.99. The molecule has 1 aromatic carbocycles. The SMILES string of the molecule is CCCCCCCC(N)Cc1ccc(F)c(Cl)c1. The Bertz CT molecular complexity index is 354. The van der Waals surface area contributed by atoms with Crippen LogP contribution in [0.1, 0.15) is 51.0 Å². The molecule has 0 amide bonds. The van der Waals surface area contributed by atoms with E-state index in [-0.39, 0.29) is 16.9 Å². The van der Waals surface area contributed by atoms with Gasteiger partial charge in [0.15, 0.2) is 0 Å². The highest BCUT2D eigenvalue weighted by Crippen LogP contribution is 2.17. The summed E-state index contributed by atoms with van der Waals surface area (Å²) in [5, 5.41) is 0.183. The Morgan fingerprint density at radius 1 is 1.22 bits per heavy atom. The van der Waals surface area contributed by atoms with Crippen molar-refractivity contribution in [2.75, 3.05) is 0 Å². The number of halogens is 2. The first-order chi connectivity index (χ1) is 8.63. The summed E-state index contributed by atoms with van der Waals surface area (Å²) >= 11 is 5.74. The standard InChI is InChI=1S/C15H23ClFN/c1-2-3-4-5-6-7-13(18)10-12-8-9-15(17)14(16)11-12/h8-9,11,13H,2-7,10,18H2,1H3. The maximum atomic E-state index is 13.0. The highest BCUT2D eigenvalue weighted by molar-refractivity contribution is 6.30. The number of hydrogen-bond donors (Lipinski definition) is 1. The van der Waals surface area contributed by atoms with E-state index in [9.17, 15) is 4.39 Å². The van der Waals surface area contributed by atoms with Gasteiger partial charge in [-0.3, -0.25) is 0 Å². The zero-order valence-electron chi connectivity index (χ0n) is 11.1. The molecule has 0 heterocycles. The maximum absolute atomic E-state index is 13.0. The molecular formula is C15H23ClFN. The third-order valence-corrected chi connectivity index (χ3v) is 3.45. The Morgan fingerprint density at radius 3 is 2.61 bits per heavy atom. The van der Waals surface area contributed by atoms with E-state index < -0.39 is 0 Å². The largest absolute Gasteiger partial charge is 0.327 e. The second-order valence-corrected chi connectivity index (χ2v) is 5.32. The minimum Gasteiger partial charge on any atom is -0.327 e. The average molecular weight is 272 g/mol. The van der Waals surface area contributed by atoms with E-state index in [2.05, 4.69) is 6.92 Å². The Hall–Kier alpha value is -0.600. The predicted molar refractivity (Wildman–Crippen MR) is 76.5 cm³/mol. The summed E-state index contributed by atoms with van der Waals surface area (Å²) < 4.78 is 13.0. The van der Waals surface area contributed by atoms with E-state index in [1.54, 1.807) is 12.1 Å². The van der Waals surface area contributed by atoms with Gasteiger partial charge >= 0.3 is 0 Å². The summed E-state index contributed by atoms with van der Waals surface area (Å²) in [4.78, 5) is 0. The molecule has 1 atom stereocenters. The molecule has 0 aliphatic rings. The Balaban J connectivity index is 2.26. The smallest absolute Gasteiger partial charge is 0.141 e. The van der Waals surface area contributed by atoms with Crippen molar-refractivity contribution >= 4 is 11.6 Å². The van der Waals surface area contributed by atoms with Gasteiger partial charge in [-0.1, -0.05) is 56.7 Å². The van der Waals surface area contributed by atoms with Crippen molar-refractivity contribution < 1.29 is 4.39 Å². The minimum atomic E-state index is -0.367. The van der Waals surface area contributed by atoms with Crippen LogP contribution in [0, 0.1) is 5.82 Å². The van der Waals surface area contributed by atoms with Crippen LogP contribution in [0.15, 0.2) is 18.2 Å². The van der Waals surface area contributed by atoms with Crippen LogP contribution in [0.25, 0.3) is 0 Å². The van der Waals surface area contributed by atoms with Crippen LogP contribution in [0.2, 0.25) is 5.02 Å². The van der Waals surface area contributed by atoms with Crippen LogP contribution in [0.3, 0.4) is 0 Å². The zero-order chi connectivity index (χ0) is 13.4. The molecule has 2 N–H and O–H groups in total. The van der Waals surface area contributed by atoms with Gasteiger partial charge in [0.1, 0.15) is 5.82 Å². The maximum Gasteiger partial charge on any atom is 0.141 e. The highest BCUT2D eigenvalue weighted by Gasteiger charge is 2.06. The topological polar surface area (TPSA) is 26.0 Å². The van der Waals surface area contributed by atoms with Crippen LogP contribution in [0.4, 0.5) is 4.39 Å². The van der Waals surface area contributed by atoms with Gasteiger partial charge in [0.25, 0.3) is 0 Å². The third kappa shape index (κ3) is 5.83. The van der Waals surface area contributed by atoms with Gasteiger partial charge in [0.2, 0.25) is 0 Å². The third-order valence-electron chi connectivity index (χ3n) is 3.16. The fourth-order valence-electron chi connectivity index (χ4n) is 2.08. The van der Waals surface area contributed by atoms with Crippen molar-refractivity contribution in [2.24, 2.45) is 5.73 Å². The van der Waals surface area contributed by atoms with Crippen molar-refractivity contribution in [1.29, 1.82) is 0 Å². The molecule has 0 spiro atoms. The molecule has 0 fully saturated rings. The fraction of sp³-hybridized carbons (Fsp3) is 0.600. The first-order valence-corrected chi connectivity index (χ1v) is 7.20. The monoisotopic (exact) mass is 271 g/mol. The van der Waals surface area contributed by atoms with Gasteiger partial charge in [-0.2, -0.15) is 0 Å². The molecule has 1 rings (SSSR count). The molecular weight excluding hydrogens is 249 g/mol. The quantitative estimate of drug-likeness (QED) is 0.681. The lowest BCUT2D eigenvalue weighted by atomic mass is 10.0. The predicted octanol–water partition coefficient (Wildman–Crippen LogP) is 4.71. The van der Waals surface area contributed by atoms with Crippen molar-refractivity contribution in [2.45, 2.75) is 57.9 Å². The van der Waals surface area contributed by atoms with Crippen molar-refractivity contribution in [3.05, 3.63) is 34.6 Å². The van der Waals surface area contributed by atoms with Gasteiger partial charge in [-0.15, -0.1) is 0 Å². The second kappa shape index (κ2) is 8.49. The van der Waals surface area contributed by atoms with Crippen LogP contribution in [-0.4, -0.2) is 6.04 Å². The number of hydrogen-bond acceptors (Lipinski definition) is 1. The fourth-order valence-corrected chi connectivity index (χ4v) is 2.28. The van der Waals surface area contributed by atoms with E-state index in [0.29, 0.717) is 0 Å². The van der Waals surface area contributed by atoms with Crippen molar-refractivity contribution in [1.82, 2.24) is 0 Å². The van der Waals surface area contributed by atoms with Gasteiger partial charge in [-0.25, -0.2) is 4.39 Å². The molecule has 102 valence electrons. The molecule has 0 saturated heterocycles. The lowest BCUT2D eigenvalue weighted by Gasteiger charge is -2.11. The van der Waals surface area contributed by atoms with Crippen LogP contribution in [-0.2, 0) is 6.42 Å². The lowest BCUT2D eigenvalue weighted by molar-refractivity contribution is 0.538. The molecule has 1 unspecified atom stereocenters. The summed E-state index contributed by atoms with van der Waals surface area (Å²) in [7, 11) is 0. The number of rotatable bonds is 8. The zero-order valence-corrected chi connectivity index (χ0v) is 11.8. The van der Waals surface area contributed by atoms with Crippen molar-refractivity contribution in [3.63, 3.8) is 0 Å². The molecule has 3 heteroatoms. The second-order valence-electron chi connectivity index (χ2n) is 4.92. The molecule has 0 aliphatic carbocycles. The molecule has 1 aromatic rings. The summed E-state index contributed by atoms with van der Waals surface area (Å²) in [6.45, 7) is 2.21. The van der Waals surface area contributed by atoms with Gasteiger partial charge < -0.3 is 5.73 Å². The van der Waals surface area contributed by atoms with E-state index in [4.69, 9.17) is 17.3 Å². The van der Waals surface area contributed by atoms with Crippen LogP contribution >= 0.6 is 11.6 Å². The van der Waals surface area contributed by atoms with Gasteiger partial charge in [0, 0.05) is 6.04 Å². The number of benzene rings is 1.